The Balaban J connectivity index is 1.59. The van der Waals surface area contributed by atoms with Gasteiger partial charge in [-0.25, -0.2) is 0 Å². The number of hydrogen-bond donors (Lipinski definition) is 2. The minimum absolute atomic E-state index is 0.0306. The van der Waals surface area contributed by atoms with Crippen molar-refractivity contribution in [2.24, 2.45) is 5.92 Å². The van der Waals surface area contributed by atoms with Gasteiger partial charge >= 0.3 is 0 Å². The van der Waals surface area contributed by atoms with Gasteiger partial charge in [-0.2, -0.15) is 0 Å². The van der Waals surface area contributed by atoms with Gasteiger partial charge in [0.05, 0.1) is 12.0 Å². The Bertz CT molecular complexity index is 489. The van der Waals surface area contributed by atoms with Gasteiger partial charge in [0.15, 0.2) is 0 Å². The van der Waals surface area contributed by atoms with Crippen LogP contribution in [0.5, 0.6) is 0 Å². The predicted molar refractivity (Wildman–Crippen MR) is 78.7 cm³/mol. The van der Waals surface area contributed by atoms with Crippen molar-refractivity contribution in [2.45, 2.75) is 38.3 Å². The first kappa shape index (κ1) is 13.4. The van der Waals surface area contributed by atoms with Crippen LogP contribution in [0, 0.1) is 5.92 Å². The second kappa shape index (κ2) is 5.83. The zero-order chi connectivity index (χ0) is 13.9. The number of anilines is 1. The Morgan fingerprint density at radius 3 is 3.10 bits per heavy atom. The van der Waals surface area contributed by atoms with E-state index in [1.165, 1.54) is 5.56 Å². The molecule has 0 saturated carbocycles. The zero-order valence-corrected chi connectivity index (χ0v) is 11.9. The standard InChI is InChI=1S/C16H22N2O2/c1-11-8-14(6-7-20-11)18-16(19)13-9-12-4-2-3-5-15(12)17-10-13/h2-5,11,13-14,17H,6-10H2,1H3,(H,18,19). The lowest BCUT2D eigenvalue weighted by Gasteiger charge is -2.31. The van der Waals surface area contributed by atoms with Crippen molar-refractivity contribution >= 4 is 11.6 Å². The molecule has 2 aliphatic rings. The lowest BCUT2D eigenvalue weighted by molar-refractivity contribution is -0.126. The fraction of sp³-hybridized carbons (Fsp3) is 0.562. The number of carbonyl (C=O) groups is 1. The minimum atomic E-state index is 0.0306. The highest BCUT2D eigenvalue weighted by atomic mass is 16.5. The summed E-state index contributed by atoms with van der Waals surface area (Å²) in [4.78, 5) is 12.4. The van der Waals surface area contributed by atoms with E-state index in [-0.39, 0.29) is 24.0 Å². The number of ether oxygens (including phenoxy) is 1. The maximum absolute atomic E-state index is 12.4. The summed E-state index contributed by atoms with van der Waals surface area (Å²) in [6.45, 7) is 3.54. The van der Waals surface area contributed by atoms with Crippen LogP contribution in [0.2, 0.25) is 0 Å². The Morgan fingerprint density at radius 2 is 2.25 bits per heavy atom. The first-order valence-corrected chi connectivity index (χ1v) is 7.46. The molecule has 0 radical (unpaired) electrons. The van der Waals surface area contributed by atoms with E-state index < -0.39 is 0 Å². The summed E-state index contributed by atoms with van der Waals surface area (Å²) in [7, 11) is 0. The smallest absolute Gasteiger partial charge is 0.225 e. The first-order chi connectivity index (χ1) is 9.72. The molecule has 3 atom stereocenters. The fourth-order valence-corrected chi connectivity index (χ4v) is 3.08. The van der Waals surface area contributed by atoms with E-state index in [1.54, 1.807) is 0 Å². The summed E-state index contributed by atoms with van der Waals surface area (Å²) < 4.78 is 5.52. The van der Waals surface area contributed by atoms with Gasteiger partial charge in [0.25, 0.3) is 0 Å². The van der Waals surface area contributed by atoms with Crippen LogP contribution in [0.25, 0.3) is 0 Å². The molecule has 2 aliphatic heterocycles. The van der Waals surface area contributed by atoms with Crippen molar-refractivity contribution in [3.63, 3.8) is 0 Å². The molecule has 3 rings (SSSR count). The molecule has 1 aromatic rings. The molecule has 4 heteroatoms. The summed E-state index contributed by atoms with van der Waals surface area (Å²) in [5, 5.41) is 6.54. The van der Waals surface area contributed by atoms with Crippen LogP contribution in [-0.2, 0) is 16.0 Å². The molecular weight excluding hydrogens is 252 g/mol. The van der Waals surface area contributed by atoms with Crippen LogP contribution < -0.4 is 10.6 Å². The van der Waals surface area contributed by atoms with Crippen LogP contribution in [0.3, 0.4) is 0 Å². The molecule has 0 aromatic heterocycles. The highest BCUT2D eigenvalue weighted by Gasteiger charge is 2.27. The quantitative estimate of drug-likeness (QED) is 0.866. The SMILES string of the molecule is CC1CC(NC(=O)C2CNc3ccccc3C2)CCO1. The van der Waals surface area contributed by atoms with E-state index >= 15 is 0 Å². The molecule has 3 unspecified atom stereocenters. The molecule has 20 heavy (non-hydrogen) atoms. The van der Waals surface area contributed by atoms with Crippen LogP contribution in [0.4, 0.5) is 5.69 Å². The van der Waals surface area contributed by atoms with Gasteiger partial charge in [-0.05, 0) is 37.8 Å². The molecule has 0 bridgehead atoms. The number of para-hydroxylation sites is 1. The molecule has 0 spiro atoms. The van der Waals surface area contributed by atoms with Gasteiger partial charge in [-0.3, -0.25) is 4.79 Å². The maximum Gasteiger partial charge on any atom is 0.225 e. The maximum atomic E-state index is 12.4. The zero-order valence-electron chi connectivity index (χ0n) is 11.9. The summed E-state index contributed by atoms with van der Waals surface area (Å²) in [6.07, 6.45) is 2.92. The number of hydrogen-bond acceptors (Lipinski definition) is 3. The average molecular weight is 274 g/mol. The van der Waals surface area contributed by atoms with Crippen molar-refractivity contribution in [2.75, 3.05) is 18.5 Å². The molecule has 1 aromatic carbocycles. The van der Waals surface area contributed by atoms with Crippen LogP contribution in [0.1, 0.15) is 25.3 Å². The molecule has 2 heterocycles. The third kappa shape index (κ3) is 2.96. The average Bonchev–Trinajstić information content (AvgIpc) is 2.47. The molecule has 108 valence electrons. The molecule has 2 N–H and O–H groups in total. The van der Waals surface area contributed by atoms with Crippen LogP contribution in [0.15, 0.2) is 24.3 Å². The number of rotatable bonds is 2. The van der Waals surface area contributed by atoms with Crippen molar-refractivity contribution in [3.05, 3.63) is 29.8 Å². The lowest BCUT2D eigenvalue weighted by atomic mass is 9.92. The number of carbonyl (C=O) groups excluding carboxylic acids is 1. The summed E-state index contributed by atoms with van der Waals surface area (Å²) in [5.41, 5.74) is 2.40. The number of fused-ring (bicyclic) bond motifs is 1. The largest absolute Gasteiger partial charge is 0.384 e. The van der Waals surface area contributed by atoms with Crippen molar-refractivity contribution in [1.82, 2.24) is 5.32 Å². The van der Waals surface area contributed by atoms with Gasteiger partial charge in [-0.15, -0.1) is 0 Å². The fourth-order valence-electron chi connectivity index (χ4n) is 3.08. The number of amides is 1. The Kier molecular flexibility index (Phi) is 3.92. The molecule has 1 saturated heterocycles. The van der Waals surface area contributed by atoms with Crippen molar-refractivity contribution in [1.29, 1.82) is 0 Å². The highest BCUT2D eigenvalue weighted by Crippen LogP contribution is 2.24. The third-order valence-electron chi connectivity index (χ3n) is 4.22. The lowest BCUT2D eigenvalue weighted by Crippen LogP contribution is -2.46. The van der Waals surface area contributed by atoms with E-state index in [4.69, 9.17) is 4.74 Å². The Hall–Kier alpha value is -1.55. The molecule has 4 nitrogen and oxygen atoms in total. The third-order valence-corrected chi connectivity index (χ3v) is 4.22. The summed E-state index contributed by atoms with van der Waals surface area (Å²) in [5.74, 6) is 0.203. The van der Waals surface area contributed by atoms with Gasteiger partial charge < -0.3 is 15.4 Å². The van der Waals surface area contributed by atoms with Gasteiger partial charge in [-0.1, -0.05) is 18.2 Å². The Morgan fingerprint density at radius 1 is 1.40 bits per heavy atom. The highest BCUT2D eigenvalue weighted by molar-refractivity contribution is 5.81. The predicted octanol–water partition coefficient (Wildman–Crippen LogP) is 1.95. The first-order valence-electron chi connectivity index (χ1n) is 7.46. The van der Waals surface area contributed by atoms with Crippen molar-refractivity contribution in [3.8, 4) is 0 Å². The molecular formula is C16H22N2O2. The second-order valence-corrected chi connectivity index (χ2v) is 5.85. The van der Waals surface area contributed by atoms with E-state index in [2.05, 4.69) is 29.7 Å². The molecule has 1 fully saturated rings. The minimum Gasteiger partial charge on any atom is -0.384 e. The van der Waals surface area contributed by atoms with E-state index in [0.29, 0.717) is 0 Å². The Labute approximate surface area is 119 Å². The molecule has 1 amide bonds. The normalized spacial score (nSPS) is 29.1. The van der Waals surface area contributed by atoms with Gasteiger partial charge in [0.1, 0.15) is 0 Å². The van der Waals surface area contributed by atoms with Gasteiger partial charge in [0, 0.05) is 24.9 Å². The molecule has 0 aliphatic carbocycles. The van der Waals surface area contributed by atoms with Crippen LogP contribution in [-0.4, -0.2) is 31.2 Å². The van der Waals surface area contributed by atoms with Crippen molar-refractivity contribution < 1.29 is 9.53 Å². The van der Waals surface area contributed by atoms with Crippen LogP contribution >= 0.6 is 0 Å². The van der Waals surface area contributed by atoms with Gasteiger partial charge in [0.2, 0.25) is 5.91 Å². The number of benzene rings is 1. The van der Waals surface area contributed by atoms with E-state index in [0.717, 1.165) is 38.1 Å². The second-order valence-electron chi connectivity index (χ2n) is 5.85. The van der Waals surface area contributed by atoms with E-state index in [1.807, 2.05) is 12.1 Å². The monoisotopic (exact) mass is 274 g/mol. The summed E-state index contributed by atoms with van der Waals surface area (Å²) >= 11 is 0. The summed E-state index contributed by atoms with van der Waals surface area (Å²) in [6, 6.07) is 8.49. The topological polar surface area (TPSA) is 50.4 Å². The van der Waals surface area contributed by atoms with E-state index in [9.17, 15) is 4.79 Å². The number of nitrogens with one attached hydrogen (secondary N) is 2.